The van der Waals surface area contributed by atoms with Crippen molar-refractivity contribution in [1.29, 1.82) is 0 Å². The smallest absolute Gasteiger partial charge is 0.230 e. The molecule has 29 heavy (non-hydrogen) atoms. The highest BCUT2D eigenvalue weighted by molar-refractivity contribution is 7.80. The lowest BCUT2D eigenvalue weighted by atomic mass is 10.2. The van der Waals surface area contributed by atoms with Crippen LogP contribution in [0.15, 0.2) is 83.1 Å². The Morgan fingerprint density at radius 3 is 2.14 bits per heavy atom. The van der Waals surface area contributed by atoms with Gasteiger partial charge in [-0.1, -0.05) is 36.4 Å². The standard InChI is InChI=1S/C16H14N2O3S.C7H6/c1-19-13-7-10-11(8-14(13)20-2)17-9-18-16(10)21-12-5-3-4-6-15(12)22;1-2-7-4-3-6(1)5-7/h3-9,22H,1-2H3;1-4H,5H2. The van der Waals surface area contributed by atoms with Crippen molar-refractivity contribution in [2.24, 2.45) is 0 Å². The van der Waals surface area contributed by atoms with Gasteiger partial charge in [0, 0.05) is 11.0 Å². The average molecular weight is 404 g/mol. The number of ether oxygens (including phenoxy) is 3. The van der Waals surface area contributed by atoms with Crippen LogP contribution < -0.4 is 14.2 Å². The minimum absolute atomic E-state index is 0.437. The van der Waals surface area contributed by atoms with E-state index in [9.17, 15) is 0 Å². The number of methoxy groups -OCH3 is 2. The molecule has 0 saturated heterocycles. The van der Waals surface area contributed by atoms with E-state index in [-0.39, 0.29) is 0 Å². The third-order valence-electron chi connectivity index (χ3n) is 4.61. The van der Waals surface area contributed by atoms with E-state index >= 15 is 0 Å². The fourth-order valence-electron chi connectivity index (χ4n) is 3.10. The maximum absolute atomic E-state index is 5.87. The van der Waals surface area contributed by atoms with Crippen molar-refractivity contribution in [2.75, 3.05) is 14.2 Å². The van der Waals surface area contributed by atoms with Crippen LogP contribution in [-0.2, 0) is 0 Å². The van der Waals surface area contributed by atoms with Gasteiger partial charge in [-0.25, -0.2) is 9.97 Å². The lowest BCUT2D eigenvalue weighted by Crippen LogP contribution is -1.95. The summed E-state index contributed by atoms with van der Waals surface area (Å²) in [5.74, 6) is 2.26. The normalized spacial score (nSPS) is 13.5. The molecule has 6 heteroatoms. The fourth-order valence-corrected chi connectivity index (χ4v) is 3.31. The minimum atomic E-state index is 0.437. The molecule has 146 valence electrons. The topological polar surface area (TPSA) is 53.5 Å². The Labute approximate surface area is 174 Å². The van der Waals surface area contributed by atoms with E-state index in [0.29, 0.717) is 28.6 Å². The lowest BCUT2D eigenvalue weighted by Gasteiger charge is -2.12. The van der Waals surface area contributed by atoms with Crippen molar-refractivity contribution in [2.45, 2.75) is 11.3 Å². The fraction of sp³-hybridized carbons (Fsp3) is 0.130. The van der Waals surface area contributed by atoms with Crippen LogP contribution >= 0.6 is 12.6 Å². The molecule has 0 saturated carbocycles. The van der Waals surface area contributed by atoms with E-state index in [1.54, 1.807) is 26.4 Å². The number of hydrogen-bond donors (Lipinski definition) is 1. The molecule has 0 spiro atoms. The van der Waals surface area contributed by atoms with Gasteiger partial charge in [-0.05, 0) is 35.8 Å². The average Bonchev–Trinajstić information content (AvgIpc) is 3.41. The molecule has 0 radical (unpaired) electrons. The minimum Gasteiger partial charge on any atom is -0.493 e. The Morgan fingerprint density at radius 1 is 0.862 bits per heavy atom. The molecular weight excluding hydrogens is 384 g/mol. The zero-order chi connectivity index (χ0) is 20.2. The molecule has 0 unspecified atom stereocenters. The molecule has 0 amide bonds. The third-order valence-corrected chi connectivity index (χ3v) is 4.98. The van der Waals surface area contributed by atoms with Gasteiger partial charge >= 0.3 is 0 Å². The second-order valence-corrected chi connectivity index (χ2v) is 6.95. The summed E-state index contributed by atoms with van der Waals surface area (Å²) in [5, 5.41) is 0.733. The summed E-state index contributed by atoms with van der Waals surface area (Å²) in [6, 6.07) is 11.0. The molecule has 0 fully saturated rings. The molecular formula is C23H20N2O3S. The summed E-state index contributed by atoms with van der Waals surface area (Å²) in [4.78, 5) is 9.19. The molecule has 2 aromatic carbocycles. The zero-order valence-corrected chi connectivity index (χ0v) is 17.0. The van der Waals surface area contributed by atoms with E-state index < -0.39 is 0 Å². The summed E-state index contributed by atoms with van der Waals surface area (Å²) in [5.41, 5.74) is 3.64. The van der Waals surface area contributed by atoms with E-state index in [1.165, 1.54) is 23.9 Å². The Bertz CT molecular complexity index is 1130. The van der Waals surface area contributed by atoms with Crippen LogP contribution in [0.2, 0.25) is 0 Å². The van der Waals surface area contributed by atoms with E-state index in [2.05, 4.69) is 46.9 Å². The van der Waals surface area contributed by atoms with Gasteiger partial charge in [0.05, 0.1) is 25.1 Å². The highest BCUT2D eigenvalue weighted by Gasteiger charge is 2.13. The van der Waals surface area contributed by atoms with Crippen LogP contribution in [0.3, 0.4) is 0 Å². The number of benzene rings is 2. The second kappa shape index (κ2) is 8.41. The van der Waals surface area contributed by atoms with Crippen LogP contribution in [-0.4, -0.2) is 24.2 Å². The summed E-state index contributed by atoms with van der Waals surface area (Å²) in [6.07, 6.45) is 11.3. The van der Waals surface area contributed by atoms with Crippen molar-refractivity contribution in [3.63, 3.8) is 0 Å². The van der Waals surface area contributed by atoms with Gasteiger partial charge in [-0.15, -0.1) is 12.6 Å². The van der Waals surface area contributed by atoms with Gasteiger partial charge in [-0.3, -0.25) is 0 Å². The van der Waals surface area contributed by atoms with Crippen molar-refractivity contribution in [3.05, 3.63) is 78.2 Å². The van der Waals surface area contributed by atoms with Crippen LogP contribution in [0.4, 0.5) is 0 Å². The molecule has 2 aliphatic rings. The molecule has 0 N–H and O–H groups in total. The van der Waals surface area contributed by atoms with Crippen LogP contribution in [0, 0.1) is 0 Å². The molecule has 5 rings (SSSR count). The first-order valence-corrected chi connectivity index (χ1v) is 9.53. The number of allylic oxidation sites excluding steroid dienone is 6. The summed E-state index contributed by atoms with van der Waals surface area (Å²) in [7, 11) is 3.16. The van der Waals surface area contributed by atoms with E-state index in [0.717, 1.165) is 10.3 Å². The van der Waals surface area contributed by atoms with Gasteiger partial charge < -0.3 is 14.2 Å². The first-order chi connectivity index (χ1) is 14.2. The highest BCUT2D eigenvalue weighted by Crippen LogP contribution is 2.36. The van der Waals surface area contributed by atoms with Gasteiger partial charge in [0.15, 0.2) is 11.5 Å². The van der Waals surface area contributed by atoms with Gasteiger partial charge in [-0.2, -0.15) is 0 Å². The maximum Gasteiger partial charge on any atom is 0.230 e. The van der Waals surface area contributed by atoms with Crippen LogP contribution in [0.5, 0.6) is 23.1 Å². The van der Waals surface area contributed by atoms with Gasteiger partial charge in [0.2, 0.25) is 5.88 Å². The number of fused-ring (bicyclic) bond motifs is 3. The van der Waals surface area contributed by atoms with E-state index in [4.69, 9.17) is 14.2 Å². The molecule has 3 aromatic rings. The third kappa shape index (κ3) is 4.12. The van der Waals surface area contributed by atoms with Crippen molar-refractivity contribution < 1.29 is 14.2 Å². The first-order valence-electron chi connectivity index (χ1n) is 9.08. The molecule has 2 bridgehead atoms. The van der Waals surface area contributed by atoms with Gasteiger partial charge in [0.25, 0.3) is 0 Å². The Morgan fingerprint density at radius 2 is 1.55 bits per heavy atom. The van der Waals surface area contributed by atoms with E-state index in [1.807, 2.05) is 24.3 Å². The van der Waals surface area contributed by atoms with Crippen molar-refractivity contribution >= 4 is 23.5 Å². The molecule has 0 atom stereocenters. The largest absolute Gasteiger partial charge is 0.493 e. The summed E-state index contributed by atoms with van der Waals surface area (Å²) < 4.78 is 16.5. The Hall–Kier alpha value is -3.25. The highest BCUT2D eigenvalue weighted by atomic mass is 32.1. The predicted octanol–water partition coefficient (Wildman–Crippen LogP) is 5.54. The van der Waals surface area contributed by atoms with Crippen LogP contribution in [0.1, 0.15) is 6.42 Å². The lowest BCUT2D eigenvalue weighted by molar-refractivity contribution is 0.355. The summed E-state index contributed by atoms with van der Waals surface area (Å²) >= 11 is 4.38. The second-order valence-electron chi connectivity index (χ2n) is 6.47. The number of hydrogen-bond acceptors (Lipinski definition) is 6. The zero-order valence-electron chi connectivity index (χ0n) is 16.1. The monoisotopic (exact) mass is 404 g/mol. The predicted molar refractivity (Wildman–Crippen MR) is 116 cm³/mol. The number of aromatic nitrogens is 2. The number of nitrogens with zero attached hydrogens (tertiary/aromatic N) is 2. The molecule has 1 aromatic heterocycles. The van der Waals surface area contributed by atoms with Crippen LogP contribution in [0.25, 0.3) is 10.9 Å². The Kier molecular flexibility index (Phi) is 5.53. The first kappa shape index (κ1) is 19.1. The Balaban J connectivity index is 0.000000243. The summed E-state index contributed by atoms with van der Waals surface area (Å²) in [6.45, 7) is 0. The number of rotatable bonds is 4. The van der Waals surface area contributed by atoms with Crippen molar-refractivity contribution in [3.8, 4) is 23.1 Å². The van der Waals surface area contributed by atoms with Gasteiger partial charge in [0.1, 0.15) is 12.1 Å². The molecule has 0 aliphatic heterocycles. The van der Waals surface area contributed by atoms with Crippen molar-refractivity contribution in [1.82, 2.24) is 9.97 Å². The molecule has 5 nitrogen and oxygen atoms in total. The quantitative estimate of drug-likeness (QED) is 0.579. The number of para-hydroxylation sites is 1. The molecule has 1 heterocycles. The maximum atomic E-state index is 5.87. The molecule has 2 aliphatic carbocycles. The SMILES string of the molecule is C1=CC2=CC=C1C2.COc1cc2ncnc(Oc3ccccc3S)c2cc1OC. The number of thiol groups is 1.